The second-order valence-electron chi connectivity index (χ2n) is 8.09. The van der Waals surface area contributed by atoms with E-state index in [2.05, 4.69) is 5.16 Å². The molecule has 34 heavy (non-hydrogen) atoms. The van der Waals surface area contributed by atoms with E-state index >= 15 is 0 Å². The number of nitrogens with zero attached hydrogens (tertiary/aromatic N) is 2. The van der Waals surface area contributed by atoms with Crippen molar-refractivity contribution >= 4 is 24.6 Å². The Morgan fingerprint density at radius 2 is 1.88 bits per heavy atom. The van der Waals surface area contributed by atoms with E-state index < -0.39 is 17.7 Å². The number of hydrogen-bond acceptors (Lipinski definition) is 4. The number of rotatable bonds is 8. The van der Waals surface area contributed by atoms with Gasteiger partial charge in [0.05, 0.1) is 11.8 Å². The standard InChI is InChI=1S/C25H27F3N2O3.ClH/c1-17-6-3-4-8-21(17)23(22-10-9-20(14-18(22)2)25(26,27)28)15-29-33-13-12-30-11-5-7-19(16-30)24(31)32;/h3-4,6-10,14-15,23H,5,11-13,16H2,1-2H3,(H,31,32);1H/b29-15-;. The van der Waals surface area contributed by atoms with Crippen molar-refractivity contribution in [2.75, 3.05) is 26.2 Å². The van der Waals surface area contributed by atoms with Gasteiger partial charge in [0.25, 0.3) is 0 Å². The Morgan fingerprint density at radius 3 is 2.53 bits per heavy atom. The predicted molar refractivity (Wildman–Crippen MR) is 128 cm³/mol. The molecule has 2 aromatic carbocycles. The summed E-state index contributed by atoms with van der Waals surface area (Å²) in [6.07, 6.45) is -0.385. The third-order valence-corrected chi connectivity index (χ3v) is 5.74. The lowest BCUT2D eigenvalue weighted by Crippen LogP contribution is -2.34. The first-order valence-corrected chi connectivity index (χ1v) is 10.7. The molecule has 0 fully saturated rings. The highest BCUT2D eigenvalue weighted by Gasteiger charge is 2.31. The highest BCUT2D eigenvalue weighted by molar-refractivity contribution is 5.87. The van der Waals surface area contributed by atoms with E-state index in [4.69, 9.17) is 9.94 Å². The van der Waals surface area contributed by atoms with E-state index in [1.165, 1.54) is 6.07 Å². The third kappa shape index (κ3) is 7.08. The summed E-state index contributed by atoms with van der Waals surface area (Å²) < 4.78 is 39.3. The molecule has 0 spiro atoms. The molecule has 0 bridgehead atoms. The first kappa shape index (κ1) is 27.4. The second kappa shape index (κ2) is 12.0. The van der Waals surface area contributed by atoms with Crippen molar-refractivity contribution in [2.24, 2.45) is 5.16 Å². The molecule has 9 heteroatoms. The number of benzene rings is 2. The third-order valence-electron chi connectivity index (χ3n) is 5.74. The van der Waals surface area contributed by atoms with Crippen LogP contribution in [0.25, 0.3) is 0 Å². The van der Waals surface area contributed by atoms with Gasteiger partial charge < -0.3 is 9.94 Å². The molecule has 1 N–H and O–H groups in total. The maximum absolute atomic E-state index is 13.1. The molecule has 0 amide bonds. The minimum atomic E-state index is -4.40. The van der Waals surface area contributed by atoms with Gasteiger partial charge in [0.1, 0.15) is 6.61 Å². The van der Waals surface area contributed by atoms with Gasteiger partial charge in [0.2, 0.25) is 0 Å². The first-order chi connectivity index (χ1) is 15.7. The van der Waals surface area contributed by atoms with Gasteiger partial charge >= 0.3 is 12.1 Å². The number of aryl methyl sites for hydroxylation is 2. The molecule has 0 aromatic heterocycles. The van der Waals surface area contributed by atoms with Crippen LogP contribution in [0.2, 0.25) is 0 Å². The van der Waals surface area contributed by atoms with Crippen LogP contribution in [0.15, 0.2) is 59.3 Å². The van der Waals surface area contributed by atoms with Gasteiger partial charge in [-0.15, -0.1) is 12.4 Å². The molecule has 0 radical (unpaired) electrons. The predicted octanol–water partition coefficient (Wildman–Crippen LogP) is 5.60. The van der Waals surface area contributed by atoms with E-state index in [0.29, 0.717) is 30.6 Å². The van der Waals surface area contributed by atoms with E-state index in [-0.39, 0.29) is 24.9 Å². The van der Waals surface area contributed by atoms with Crippen LogP contribution < -0.4 is 0 Å². The Labute approximate surface area is 203 Å². The van der Waals surface area contributed by atoms with Gasteiger partial charge in [-0.3, -0.25) is 4.90 Å². The van der Waals surface area contributed by atoms with Crippen LogP contribution in [0.4, 0.5) is 13.2 Å². The Morgan fingerprint density at radius 1 is 1.18 bits per heavy atom. The van der Waals surface area contributed by atoms with Crippen molar-refractivity contribution in [1.29, 1.82) is 0 Å². The normalized spacial score (nSPS) is 15.5. The fourth-order valence-electron chi connectivity index (χ4n) is 3.94. The molecule has 1 aliphatic rings. The summed E-state index contributed by atoms with van der Waals surface area (Å²) in [6, 6.07) is 11.4. The Hall–Kier alpha value is -2.84. The molecule has 3 rings (SSSR count). The fourth-order valence-corrected chi connectivity index (χ4v) is 3.94. The average molecular weight is 497 g/mol. The van der Waals surface area contributed by atoms with Gasteiger partial charge in [-0.2, -0.15) is 13.2 Å². The van der Waals surface area contributed by atoms with Crippen LogP contribution in [-0.4, -0.2) is 48.4 Å². The van der Waals surface area contributed by atoms with Crippen molar-refractivity contribution in [3.63, 3.8) is 0 Å². The summed E-state index contributed by atoms with van der Waals surface area (Å²) in [5.74, 6) is -1.28. The number of oxime groups is 1. The summed E-state index contributed by atoms with van der Waals surface area (Å²) in [5, 5.41) is 13.2. The lowest BCUT2D eigenvalue weighted by molar-refractivity contribution is -0.137. The minimum absolute atomic E-state index is 0. The average Bonchev–Trinajstić information content (AvgIpc) is 2.77. The van der Waals surface area contributed by atoms with Gasteiger partial charge in [0.15, 0.2) is 0 Å². The van der Waals surface area contributed by atoms with E-state index in [1.807, 2.05) is 36.1 Å². The Balaban J connectivity index is 0.00000408. The smallest absolute Gasteiger partial charge is 0.416 e. The highest BCUT2D eigenvalue weighted by Crippen LogP contribution is 2.34. The molecule has 5 nitrogen and oxygen atoms in total. The maximum Gasteiger partial charge on any atom is 0.416 e. The van der Waals surface area contributed by atoms with Crippen molar-refractivity contribution in [3.8, 4) is 0 Å². The lowest BCUT2D eigenvalue weighted by atomic mass is 9.86. The van der Waals surface area contributed by atoms with Crippen molar-refractivity contribution in [3.05, 3.63) is 81.9 Å². The number of halogens is 4. The molecule has 1 atom stereocenters. The number of carboxylic acids is 1. The second-order valence-corrected chi connectivity index (χ2v) is 8.09. The number of aliphatic carboxylic acids is 1. The maximum atomic E-state index is 13.1. The first-order valence-electron chi connectivity index (χ1n) is 10.7. The monoisotopic (exact) mass is 496 g/mol. The highest BCUT2D eigenvalue weighted by atomic mass is 35.5. The summed E-state index contributed by atoms with van der Waals surface area (Å²) in [7, 11) is 0. The molecule has 0 aliphatic carbocycles. The Bertz CT molecular complexity index is 1050. The van der Waals surface area contributed by atoms with Crippen molar-refractivity contribution in [1.82, 2.24) is 4.90 Å². The summed E-state index contributed by atoms with van der Waals surface area (Å²) >= 11 is 0. The molecular weight excluding hydrogens is 469 g/mol. The zero-order valence-electron chi connectivity index (χ0n) is 19.0. The molecular formula is C25H28ClF3N2O3. The van der Waals surface area contributed by atoms with E-state index in [9.17, 15) is 18.0 Å². The van der Waals surface area contributed by atoms with Gasteiger partial charge in [-0.25, -0.2) is 4.79 Å². The van der Waals surface area contributed by atoms with E-state index in [0.717, 1.165) is 35.4 Å². The van der Waals surface area contributed by atoms with Crippen LogP contribution >= 0.6 is 12.4 Å². The Kier molecular flexibility index (Phi) is 9.70. The SMILES string of the molecule is Cc1ccccc1C(/C=N\OCCN1CCC=C(C(=O)O)C1)c1ccc(C(F)(F)F)cc1C.Cl. The van der Waals surface area contributed by atoms with Gasteiger partial charge in [-0.05, 0) is 54.7 Å². The lowest BCUT2D eigenvalue weighted by Gasteiger charge is -2.24. The van der Waals surface area contributed by atoms with Crippen LogP contribution in [0, 0.1) is 13.8 Å². The molecule has 0 saturated heterocycles. The zero-order valence-corrected chi connectivity index (χ0v) is 19.8. The van der Waals surface area contributed by atoms with Crippen molar-refractivity contribution < 1.29 is 27.9 Å². The molecule has 184 valence electrons. The summed E-state index contributed by atoms with van der Waals surface area (Å²) in [6.45, 7) is 5.51. The van der Waals surface area contributed by atoms with Gasteiger partial charge in [-0.1, -0.05) is 41.6 Å². The van der Waals surface area contributed by atoms with Crippen LogP contribution in [0.1, 0.15) is 40.2 Å². The van der Waals surface area contributed by atoms with Crippen LogP contribution in [0.5, 0.6) is 0 Å². The largest absolute Gasteiger partial charge is 0.478 e. The molecule has 0 saturated carbocycles. The van der Waals surface area contributed by atoms with Crippen LogP contribution in [0.3, 0.4) is 0 Å². The number of alkyl halides is 3. The van der Waals surface area contributed by atoms with Gasteiger partial charge in [0, 0.05) is 31.1 Å². The van der Waals surface area contributed by atoms with E-state index in [1.54, 1.807) is 19.2 Å². The molecule has 2 aromatic rings. The molecule has 1 unspecified atom stereocenters. The fraction of sp³-hybridized carbons (Fsp3) is 0.360. The summed E-state index contributed by atoms with van der Waals surface area (Å²) in [4.78, 5) is 18.6. The van der Waals surface area contributed by atoms with Crippen molar-refractivity contribution in [2.45, 2.75) is 32.4 Å². The molecule has 1 heterocycles. The number of hydrogen-bond donors (Lipinski definition) is 1. The quantitative estimate of drug-likeness (QED) is 0.294. The topological polar surface area (TPSA) is 62.1 Å². The minimum Gasteiger partial charge on any atom is -0.478 e. The van der Waals surface area contributed by atoms with Crippen LogP contribution in [-0.2, 0) is 15.8 Å². The molecule has 1 aliphatic heterocycles. The summed E-state index contributed by atoms with van der Waals surface area (Å²) in [5.41, 5.74) is 2.86. The number of carbonyl (C=O) groups is 1. The number of carboxylic acid groups (broad SMARTS) is 1. The zero-order chi connectivity index (χ0) is 24.0.